The number of aliphatic hydroxyl groups excluding tert-OH is 2. The van der Waals surface area contributed by atoms with Crippen molar-refractivity contribution >= 4 is 0 Å². The molecule has 0 heterocycles. The van der Waals surface area contributed by atoms with Crippen LogP contribution in [0, 0.1) is 28.6 Å². The third kappa shape index (κ3) is 1.95. The maximum absolute atomic E-state index is 11.0. The van der Waals surface area contributed by atoms with Gasteiger partial charge in [-0.05, 0) is 94.0 Å². The summed E-state index contributed by atoms with van der Waals surface area (Å²) in [6, 6.07) is 0. The number of hydrogen-bond acceptors (Lipinski definition) is 3. The van der Waals surface area contributed by atoms with Gasteiger partial charge in [0.15, 0.2) is 0 Å². The first-order valence-electron chi connectivity index (χ1n) is 9.98. The maximum atomic E-state index is 11.0. The van der Waals surface area contributed by atoms with E-state index in [0.717, 1.165) is 50.5 Å². The van der Waals surface area contributed by atoms with Crippen molar-refractivity contribution in [1.82, 2.24) is 0 Å². The third-order valence-corrected chi connectivity index (χ3v) is 9.16. The Morgan fingerprint density at radius 1 is 1.00 bits per heavy atom. The minimum atomic E-state index is -0.538. The molecule has 4 rings (SSSR count). The molecular weight excluding hydrogens is 300 g/mol. The minimum Gasteiger partial charge on any atom is -0.395 e. The summed E-state index contributed by atoms with van der Waals surface area (Å²) < 4.78 is 0. The van der Waals surface area contributed by atoms with Crippen LogP contribution in [-0.2, 0) is 0 Å². The Kier molecular flexibility index (Phi) is 3.77. The van der Waals surface area contributed by atoms with E-state index in [1.54, 1.807) is 0 Å². The Labute approximate surface area is 146 Å². The molecule has 0 aromatic carbocycles. The fourth-order valence-corrected chi connectivity index (χ4v) is 7.43. The van der Waals surface area contributed by atoms with Crippen LogP contribution in [0.15, 0.2) is 11.1 Å². The van der Waals surface area contributed by atoms with Gasteiger partial charge in [0.25, 0.3) is 0 Å². The molecule has 7 atom stereocenters. The lowest BCUT2D eigenvalue weighted by molar-refractivity contribution is -0.128. The highest BCUT2D eigenvalue weighted by atomic mass is 16.3. The quantitative estimate of drug-likeness (QED) is 0.644. The molecule has 0 amide bonds. The van der Waals surface area contributed by atoms with E-state index < -0.39 is 5.60 Å². The van der Waals surface area contributed by atoms with Gasteiger partial charge >= 0.3 is 0 Å². The number of fused-ring (bicyclic) bond motifs is 5. The summed E-state index contributed by atoms with van der Waals surface area (Å²) in [4.78, 5) is 0. The van der Waals surface area contributed by atoms with Crippen LogP contribution in [-0.4, -0.2) is 33.6 Å². The molecule has 0 spiro atoms. The molecule has 0 bridgehead atoms. The molecule has 0 aromatic heterocycles. The Hall–Kier alpha value is -0.380. The lowest BCUT2D eigenvalue weighted by Gasteiger charge is -2.60. The van der Waals surface area contributed by atoms with Gasteiger partial charge in [0.1, 0.15) is 0 Å². The first-order valence-corrected chi connectivity index (χ1v) is 9.98. The lowest BCUT2D eigenvalue weighted by Crippen LogP contribution is -2.56. The van der Waals surface area contributed by atoms with Crippen LogP contribution >= 0.6 is 0 Å². The number of rotatable bonds is 1. The molecular formula is C21H34O3. The van der Waals surface area contributed by atoms with Crippen LogP contribution in [0.5, 0.6) is 0 Å². The molecule has 0 radical (unpaired) electrons. The fourth-order valence-electron chi connectivity index (χ4n) is 7.43. The van der Waals surface area contributed by atoms with Crippen LogP contribution in [0.4, 0.5) is 0 Å². The molecule has 3 heteroatoms. The molecule has 136 valence electrons. The third-order valence-electron chi connectivity index (χ3n) is 9.16. The first kappa shape index (κ1) is 17.1. The maximum Gasteiger partial charge on any atom is 0.0750 e. The highest BCUT2D eigenvalue weighted by Crippen LogP contribution is 2.67. The van der Waals surface area contributed by atoms with Crippen molar-refractivity contribution in [3.63, 3.8) is 0 Å². The van der Waals surface area contributed by atoms with Crippen molar-refractivity contribution in [2.45, 2.75) is 83.8 Å². The van der Waals surface area contributed by atoms with Crippen LogP contribution in [0.2, 0.25) is 0 Å². The van der Waals surface area contributed by atoms with Crippen molar-refractivity contribution in [1.29, 1.82) is 0 Å². The Morgan fingerprint density at radius 2 is 1.71 bits per heavy atom. The summed E-state index contributed by atoms with van der Waals surface area (Å²) in [6.07, 6.45) is 7.84. The normalized spacial score (nSPS) is 54.2. The van der Waals surface area contributed by atoms with Gasteiger partial charge in [-0.2, -0.15) is 0 Å². The van der Waals surface area contributed by atoms with Gasteiger partial charge in [0.2, 0.25) is 0 Å². The highest BCUT2D eigenvalue weighted by molar-refractivity contribution is 5.32. The van der Waals surface area contributed by atoms with Crippen molar-refractivity contribution < 1.29 is 15.3 Å². The average molecular weight is 335 g/mol. The highest BCUT2D eigenvalue weighted by Gasteiger charge is 2.63. The van der Waals surface area contributed by atoms with E-state index in [1.807, 2.05) is 6.92 Å². The van der Waals surface area contributed by atoms with E-state index in [1.165, 1.54) is 12.0 Å². The molecule has 3 nitrogen and oxygen atoms in total. The molecule has 3 N–H and O–H groups in total. The van der Waals surface area contributed by atoms with E-state index in [4.69, 9.17) is 0 Å². The molecule has 4 aliphatic carbocycles. The first-order chi connectivity index (χ1) is 11.3. The second-order valence-corrected chi connectivity index (χ2v) is 9.71. The summed E-state index contributed by atoms with van der Waals surface area (Å²) in [7, 11) is 0. The van der Waals surface area contributed by atoms with Crippen LogP contribution < -0.4 is 0 Å². The summed E-state index contributed by atoms with van der Waals surface area (Å²) in [5.74, 6) is 1.74. The molecule has 2 unspecified atom stereocenters. The standard InChI is InChI=1S/C21H34O3/c1-13-15-5-4-14-16-7-10-20(3,24)19(16,2)9-6-17(14)21(15,12-22)11-8-18(13)23/h14,16-18,22-24H,4-12H2,1-3H3/t14-,16-,17+,18?,19-,20?,21+/m0/s1. The van der Waals surface area contributed by atoms with E-state index in [-0.39, 0.29) is 23.5 Å². The zero-order valence-corrected chi connectivity index (χ0v) is 15.5. The van der Waals surface area contributed by atoms with Gasteiger partial charge < -0.3 is 15.3 Å². The van der Waals surface area contributed by atoms with Gasteiger partial charge in [-0.25, -0.2) is 0 Å². The Balaban J connectivity index is 1.74. The molecule has 24 heavy (non-hydrogen) atoms. The fraction of sp³-hybridized carbons (Fsp3) is 0.905. The monoisotopic (exact) mass is 334 g/mol. The molecule has 3 fully saturated rings. The largest absolute Gasteiger partial charge is 0.395 e. The molecule has 0 aromatic rings. The van der Waals surface area contributed by atoms with Crippen LogP contribution in [0.1, 0.15) is 72.1 Å². The van der Waals surface area contributed by atoms with Gasteiger partial charge in [0.05, 0.1) is 18.3 Å². The van der Waals surface area contributed by atoms with Gasteiger partial charge in [0, 0.05) is 5.41 Å². The van der Waals surface area contributed by atoms with Crippen molar-refractivity contribution in [2.24, 2.45) is 28.6 Å². The van der Waals surface area contributed by atoms with Gasteiger partial charge in [-0.3, -0.25) is 0 Å². The van der Waals surface area contributed by atoms with Gasteiger partial charge in [-0.1, -0.05) is 12.5 Å². The van der Waals surface area contributed by atoms with E-state index in [9.17, 15) is 15.3 Å². The summed E-state index contributed by atoms with van der Waals surface area (Å²) >= 11 is 0. The van der Waals surface area contributed by atoms with Crippen molar-refractivity contribution in [3.8, 4) is 0 Å². The zero-order valence-electron chi connectivity index (χ0n) is 15.5. The van der Waals surface area contributed by atoms with Crippen LogP contribution in [0.3, 0.4) is 0 Å². The topological polar surface area (TPSA) is 60.7 Å². The summed E-state index contributed by atoms with van der Waals surface area (Å²) in [5, 5.41) is 31.8. The van der Waals surface area contributed by atoms with Gasteiger partial charge in [-0.15, -0.1) is 0 Å². The summed E-state index contributed by atoms with van der Waals surface area (Å²) in [5.41, 5.74) is 1.92. The Morgan fingerprint density at radius 3 is 2.42 bits per heavy atom. The average Bonchev–Trinajstić information content (AvgIpc) is 2.80. The predicted octanol–water partition coefficient (Wildman–Crippen LogP) is 3.42. The number of aliphatic hydroxyl groups is 3. The smallest absolute Gasteiger partial charge is 0.0750 e. The van der Waals surface area contributed by atoms with Crippen molar-refractivity contribution in [2.75, 3.05) is 6.61 Å². The molecule has 0 saturated heterocycles. The molecule has 3 saturated carbocycles. The number of hydrogen-bond donors (Lipinski definition) is 3. The minimum absolute atomic E-state index is 0.0370. The lowest BCUT2D eigenvalue weighted by atomic mass is 9.45. The second kappa shape index (κ2) is 5.31. The zero-order chi connectivity index (χ0) is 17.3. The molecule has 4 aliphatic rings. The van der Waals surface area contributed by atoms with E-state index in [0.29, 0.717) is 17.8 Å². The van der Waals surface area contributed by atoms with E-state index >= 15 is 0 Å². The van der Waals surface area contributed by atoms with Crippen molar-refractivity contribution in [3.05, 3.63) is 11.1 Å². The van der Waals surface area contributed by atoms with E-state index in [2.05, 4.69) is 13.8 Å². The Bertz CT molecular complexity index is 565. The van der Waals surface area contributed by atoms with Crippen LogP contribution in [0.25, 0.3) is 0 Å². The summed E-state index contributed by atoms with van der Waals surface area (Å²) in [6.45, 7) is 6.67. The SMILES string of the molecule is CC1=C2CC[C@@H]3[C@@H](CC[C@@]4(C)[C@H]3CCC4(C)O)[C@@]2(CO)CCC1O. The molecule has 0 aliphatic heterocycles. The second-order valence-electron chi connectivity index (χ2n) is 9.71. The predicted molar refractivity (Wildman–Crippen MR) is 94.4 cm³/mol.